The summed E-state index contributed by atoms with van der Waals surface area (Å²) in [5.41, 5.74) is 0.798. The summed E-state index contributed by atoms with van der Waals surface area (Å²) in [5, 5.41) is 8.83. The van der Waals surface area contributed by atoms with Gasteiger partial charge < -0.3 is 14.7 Å². The van der Waals surface area contributed by atoms with Crippen molar-refractivity contribution in [1.29, 1.82) is 0 Å². The third-order valence-corrected chi connectivity index (χ3v) is 2.62. The first kappa shape index (κ1) is 16.2. The van der Waals surface area contributed by atoms with Crippen molar-refractivity contribution in [2.75, 3.05) is 11.4 Å². The van der Waals surface area contributed by atoms with Crippen LogP contribution in [-0.4, -0.2) is 39.7 Å². The molecule has 1 heterocycles. The molecule has 112 valence electrons. The van der Waals surface area contributed by atoms with Gasteiger partial charge in [0.15, 0.2) is 0 Å². The number of rotatable bonds is 7. The van der Waals surface area contributed by atoms with Crippen molar-refractivity contribution in [1.82, 2.24) is 9.97 Å². The number of hydrogen-bond acceptors (Lipinski definition) is 5. The normalized spacial score (nSPS) is 10.9. The van der Waals surface area contributed by atoms with Gasteiger partial charge in [0.05, 0.1) is 12.5 Å². The van der Waals surface area contributed by atoms with Gasteiger partial charge in [-0.05, 0) is 34.6 Å². The molecule has 0 saturated carbocycles. The van der Waals surface area contributed by atoms with E-state index in [4.69, 9.17) is 9.84 Å². The zero-order chi connectivity index (χ0) is 15.3. The lowest BCUT2D eigenvalue weighted by Gasteiger charge is -2.26. The highest BCUT2D eigenvalue weighted by molar-refractivity contribution is 5.67. The average Bonchev–Trinajstić information content (AvgIpc) is 2.26. The van der Waals surface area contributed by atoms with Gasteiger partial charge >= 0.3 is 5.97 Å². The smallest absolute Gasteiger partial charge is 0.305 e. The molecule has 0 radical (unpaired) electrons. The number of carboxylic acid groups (broad SMARTS) is 1. The molecule has 1 N–H and O–H groups in total. The Labute approximate surface area is 119 Å². The summed E-state index contributed by atoms with van der Waals surface area (Å²) in [6.07, 6.45) is 0.0826. The summed E-state index contributed by atoms with van der Waals surface area (Å²) in [4.78, 5) is 21.4. The van der Waals surface area contributed by atoms with Gasteiger partial charge in [0.25, 0.3) is 0 Å². The van der Waals surface area contributed by atoms with Crippen LogP contribution in [0.15, 0.2) is 6.07 Å². The van der Waals surface area contributed by atoms with E-state index in [-0.39, 0.29) is 18.6 Å². The highest BCUT2D eigenvalue weighted by atomic mass is 16.5. The van der Waals surface area contributed by atoms with E-state index in [1.165, 1.54) is 0 Å². The molecule has 0 amide bonds. The topological polar surface area (TPSA) is 75.5 Å². The quantitative estimate of drug-likeness (QED) is 0.826. The van der Waals surface area contributed by atoms with Gasteiger partial charge in [0, 0.05) is 24.3 Å². The molecule has 6 heteroatoms. The average molecular weight is 281 g/mol. The number of aromatic nitrogens is 2. The Morgan fingerprint density at radius 2 is 2.00 bits per heavy atom. The van der Waals surface area contributed by atoms with Crippen LogP contribution in [0.4, 0.5) is 5.95 Å². The number of anilines is 1. The molecule has 0 aliphatic heterocycles. The van der Waals surface area contributed by atoms with Crippen LogP contribution >= 0.6 is 0 Å². The maximum absolute atomic E-state index is 10.7. The van der Waals surface area contributed by atoms with Crippen LogP contribution < -0.4 is 9.64 Å². The largest absolute Gasteiger partial charge is 0.481 e. The summed E-state index contributed by atoms with van der Waals surface area (Å²) in [6.45, 7) is 10.1. The number of ether oxygens (including phenoxy) is 1. The van der Waals surface area contributed by atoms with Crippen molar-refractivity contribution in [2.45, 2.75) is 53.2 Å². The molecule has 0 spiro atoms. The van der Waals surface area contributed by atoms with Crippen molar-refractivity contribution in [3.63, 3.8) is 0 Å². The third kappa shape index (κ3) is 5.03. The van der Waals surface area contributed by atoms with Crippen LogP contribution in [-0.2, 0) is 4.79 Å². The van der Waals surface area contributed by atoms with E-state index in [0.717, 1.165) is 5.69 Å². The molecule has 0 bridgehead atoms. The fraction of sp³-hybridized carbons (Fsp3) is 0.643. The molecule has 6 nitrogen and oxygen atoms in total. The lowest BCUT2D eigenvalue weighted by atomic mass is 10.3. The number of carboxylic acids is 1. The summed E-state index contributed by atoms with van der Waals surface area (Å²) in [5.74, 6) is 0.197. The molecule has 1 rings (SSSR count). The Kier molecular flexibility index (Phi) is 5.73. The number of nitrogens with zero attached hydrogens (tertiary/aromatic N) is 3. The SMILES string of the molecule is Cc1cc(OC(C)C)nc(N(CCC(=O)O)C(C)C)n1. The Morgan fingerprint density at radius 1 is 1.35 bits per heavy atom. The molecule has 0 aliphatic rings. The second-order valence-corrected chi connectivity index (χ2v) is 5.25. The number of aryl methyl sites for hydroxylation is 1. The summed E-state index contributed by atoms with van der Waals surface area (Å²) in [6, 6.07) is 1.89. The van der Waals surface area contributed by atoms with E-state index >= 15 is 0 Å². The molecule has 1 aromatic rings. The van der Waals surface area contributed by atoms with Crippen molar-refractivity contribution in [3.05, 3.63) is 11.8 Å². The minimum absolute atomic E-state index is 0.0312. The van der Waals surface area contributed by atoms with Crippen LogP contribution in [0.5, 0.6) is 5.88 Å². The van der Waals surface area contributed by atoms with Gasteiger partial charge in [-0.1, -0.05) is 0 Å². The van der Waals surface area contributed by atoms with Gasteiger partial charge in [0.1, 0.15) is 0 Å². The van der Waals surface area contributed by atoms with Crippen molar-refractivity contribution >= 4 is 11.9 Å². The molecule has 0 atom stereocenters. The summed E-state index contributed by atoms with van der Waals surface area (Å²) >= 11 is 0. The molecule has 1 aromatic heterocycles. The molecule has 0 fully saturated rings. The van der Waals surface area contributed by atoms with Crippen LogP contribution in [0.2, 0.25) is 0 Å². The zero-order valence-electron chi connectivity index (χ0n) is 12.8. The standard InChI is InChI=1S/C14H23N3O3/c1-9(2)17(7-6-13(18)19)14-15-11(5)8-12(16-14)20-10(3)4/h8-10H,6-7H2,1-5H3,(H,18,19). The van der Waals surface area contributed by atoms with Crippen LogP contribution in [0.3, 0.4) is 0 Å². The lowest BCUT2D eigenvalue weighted by molar-refractivity contribution is -0.136. The van der Waals surface area contributed by atoms with Gasteiger partial charge in [-0.25, -0.2) is 4.98 Å². The highest BCUT2D eigenvalue weighted by Gasteiger charge is 2.16. The summed E-state index contributed by atoms with van der Waals surface area (Å²) in [7, 11) is 0. The van der Waals surface area contributed by atoms with Gasteiger partial charge in [-0.2, -0.15) is 4.98 Å². The minimum atomic E-state index is -0.832. The second kappa shape index (κ2) is 7.07. The first-order chi connectivity index (χ1) is 9.29. The van der Waals surface area contributed by atoms with E-state index in [2.05, 4.69) is 9.97 Å². The predicted octanol–water partition coefficient (Wildman–Crippen LogP) is 2.26. The Hall–Kier alpha value is -1.85. The van der Waals surface area contributed by atoms with Crippen LogP contribution in [0.1, 0.15) is 39.8 Å². The van der Waals surface area contributed by atoms with Crippen LogP contribution in [0, 0.1) is 6.92 Å². The number of hydrogen-bond donors (Lipinski definition) is 1. The van der Waals surface area contributed by atoms with E-state index < -0.39 is 5.97 Å². The molecular formula is C14H23N3O3. The van der Waals surface area contributed by atoms with E-state index in [1.54, 1.807) is 6.07 Å². The van der Waals surface area contributed by atoms with E-state index in [0.29, 0.717) is 18.4 Å². The van der Waals surface area contributed by atoms with Gasteiger partial charge in [-0.15, -0.1) is 0 Å². The predicted molar refractivity (Wildman–Crippen MR) is 77.3 cm³/mol. The highest BCUT2D eigenvalue weighted by Crippen LogP contribution is 2.18. The van der Waals surface area contributed by atoms with E-state index in [1.807, 2.05) is 39.5 Å². The first-order valence-corrected chi connectivity index (χ1v) is 6.80. The fourth-order valence-electron chi connectivity index (χ4n) is 1.76. The second-order valence-electron chi connectivity index (χ2n) is 5.25. The molecule has 0 aromatic carbocycles. The van der Waals surface area contributed by atoms with Crippen molar-refractivity contribution < 1.29 is 14.6 Å². The molecule has 20 heavy (non-hydrogen) atoms. The van der Waals surface area contributed by atoms with Crippen molar-refractivity contribution in [3.8, 4) is 5.88 Å². The molecule has 0 unspecified atom stereocenters. The fourth-order valence-corrected chi connectivity index (χ4v) is 1.76. The Balaban J connectivity index is 3.00. The maximum atomic E-state index is 10.7. The molecular weight excluding hydrogens is 258 g/mol. The monoisotopic (exact) mass is 281 g/mol. The molecule has 0 saturated heterocycles. The van der Waals surface area contributed by atoms with Gasteiger partial charge in [-0.3, -0.25) is 4.79 Å². The Morgan fingerprint density at radius 3 is 2.50 bits per heavy atom. The summed E-state index contributed by atoms with van der Waals surface area (Å²) < 4.78 is 5.60. The Bertz CT molecular complexity index is 461. The maximum Gasteiger partial charge on any atom is 0.305 e. The zero-order valence-corrected chi connectivity index (χ0v) is 12.8. The van der Waals surface area contributed by atoms with E-state index in [9.17, 15) is 4.79 Å². The number of carbonyl (C=O) groups is 1. The van der Waals surface area contributed by atoms with Crippen molar-refractivity contribution in [2.24, 2.45) is 0 Å². The number of aliphatic carboxylic acids is 1. The van der Waals surface area contributed by atoms with Gasteiger partial charge in [0.2, 0.25) is 11.8 Å². The van der Waals surface area contributed by atoms with Crippen LogP contribution in [0.25, 0.3) is 0 Å². The molecule has 0 aliphatic carbocycles. The first-order valence-electron chi connectivity index (χ1n) is 6.80. The minimum Gasteiger partial charge on any atom is -0.481 e. The third-order valence-electron chi connectivity index (χ3n) is 2.62. The lowest BCUT2D eigenvalue weighted by Crippen LogP contribution is -2.34.